The van der Waals surface area contributed by atoms with Gasteiger partial charge in [-0.1, -0.05) is 0 Å². The van der Waals surface area contributed by atoms with Gasteiger partial charge < -0.3 is 26.4 Å². The number of methoxy groups -OCH3 is 1. The van der Waals surface area contributed by atoms with E-state index in [1.165, 1.54) is 7.11 Å². The quantitative estimate of drug-likeness (QED) is 0.326. The summed E-state index contributed by atoms with van der Waals surface area (Å²) in [4.78, 5) is 45.1. The molecule has 126 valence electrons. The second-order valence-corrected chi connectivity index (χ2v) is 5.22. The first kappa shape index (κ1) is 20.2. The molecule has 5 N–H and O–H groups in total. The van der Waals surface area contributed by atoms with Crippen molar-refractivity contribution < 1.29 is 23.9 Å². The van der Waals surface area contributed by atoms with Gasteiger partial charge in [-0.25, -0.2) is 0 Å². The van der Waals surface area contributed by atoms with Crippen LogP contribution >= 0.6 is 11.8 Å². The summed E-state index contributed by atoms with van der Waals surface area (Å²) >= 11 is 1.57. The highest BCUT2D eigenvalue weighted by atomic mass is 32.2. The van der Waals surface area contributed by atoms with Crippen LogP contribution in [-0.4, -0.2) is 68.5 Å². The van der Waals surface area contributed by atoms with Crippen molar-refractivity contribution in [1.82, 2.24) is 16.0 Å². The molecule has 0 aliphatic carbocycles. The Morgan fingerprint density at radius 2 is 1.59 bits per heavy atom. The molecular formula is C12H22N4O5S. The van der Waals surface area contributed by atoms with Gasteiger partial charge in [0.05, 0.1) is 26.2 Å². The van der Waals surface area contributed by atoms with Crippen LogP contribution in [0, 0.1) is 0 Å². The third kappa shape index (κ3) is 10.00. The Kier molecular flexibility index (Phi) is 10.8. The van der Waals surface area contributed by atoms with E-state index in [4.69, 9.17) is 5.73 Å². The molecule has 22 heavy (non-hydrogen) atoms. The van der Waals surface area contributed by atoms with Gasteiger partial charge in [0.2, 0.25) is 17.7 Å². The number of nitrogens with two attached hydrogens (primary N) is 1. The zero-order chi connectivity index (χ0) is 17.0. The number of hydrogen-bond acceptors (Lipinski definition) is 7. The van der Waals surface area contributed by atoms with Gasteiger partial charge in [-0.3, -0.25) is 19.2 Å². The minimum atomic E-state index is -0.663. The fourth-order valence-corrected chi connectivity index (χ4v) is 1.71. The Balaban J connectivity index is 3.83. The summed E-state index contributed by atoms with van der Waals surface area (Å²) < 4.78 is 4.34. The van der Waals surface area contributed by atoms with E-state index in [1.54, 1.807) is 11.8 Å². The summed E-state index contributed by atoms with van der Waals surface area (Å²) in [5.41, 5.74) is 5.63. The molecule has 0 radical (unpaired) electrons. The molecule has 0 aliphatic rings. The van der Waals surface area contributed by atoms with Crippen molar-refractivity contribution in [2.45, 2.75) is 12.5 Å². The molecule has 0 saturated heterocycles. The van der Waals surface area contributed by atoms with Crippen molar-refractivity contribution in [3.63, 3.8) is 0 Å². The fraction of sp³-hybridized carbons (Fsp3) is 0.667. The van der Waals surface area contributed by atoms with Crippen LogP contribution in [0.2, 0.25) is 0 Å². The van der Waals surface area contributed by atoms with E-state index >= 15 is 0 Å². The standard InChI is InChI=1S/C12H22N4O5S/c1-21-11(19)7-15-9(17)5-14-10(18)6-16-12(20)8(13)3-4-22-2/h8H,3-7,13H2,1-2H3,(H,14,18)(H,15,17)(H,16,20). The lowest BCUT2D eigenvalue weighted by atomic mass is 10.2. The molecule has 0 aromatic carbocycles. The highest BCUT2D eigenvalue weighted by molar-refractivity contribution is 7.98. The molecule has 0 spiro atoms. The van der Waals surface area contributed by atoms with Gasteiger partial charge in [0, 0.05) is 0 Å². The smallest absolute Gasteiger partial charge is 0.325 e. The molecule has 0 fully saturated rings. The highest BCUT2D eigenvalue weighted by Gasteiger charge is 2.14. The number of ether oxygens (including phenoxy) is 1. The molecule has 0 aromatic heterocycles. The van der Waals surface area contributed by atoms with Crippen LogP contribution in [0.5, 0.6) is 0 Å². The van der Waals surface area contributed by atoms with Crippen molar-refractivity contribution in [3.05, 3.63) is 0 Å². The van der Waals surface area contributed by atoms with Gasteiger partial charge >= 0.3 is 5.97 Å². The third-order valence-electron chi connectivity index (χ3n) is 2.50. The maximum absolute atomic E-state index is 11.5. The van der Waals surface area contributed by atoms with E-state index in [9.17, 15) is 19.2 Å². The fourth-order valence-electron chi connectivity index (χ4n) is 1.22. The van der Waals surface area contributed by atoms with Crippen LogP contribution in [0.25, 0.3) is 0 Å². The summed E-state index contributed by atoms with van der Waals surface area (Å²) in [6.07, 6.45) is 2.42. The lowest BCUT2D eigenvalue weighted by Gasteiger charge is -2.11. The van der Waals surface area contributed by atoms with E-state index in [0.717, 1.165) is 5.75 Å². The van der Waals surface area contributed by atoms with E-state index in [0.29, 0.717) is 6.42 Å². The normalized spacial score (nSPS) is 11.2. The maximum atomic E-state index is 11.5. The van der Waals surface area contributed by atoms with Crippen LogP contribution in [0.1, 0.15) is 6.42 Å². The van der Waals surface area contributed by atoms with Crippen molar-refractivity contribution in [2.75, 3.05) is 38.8 Å². The molecule has 0 aliphatic heterocycles. The van der Waals surface area contributed by atoms with Crippen LogP contribution in [0.15, 0.2) is 0 Å². The topological polar surface area (TPSA) is 140 Å². The number of nitrogens with one attached hydrogen (secondary N) is 3. The van der Waals surface area contributed by atoms with Crippen LogP contribution in [-0.2, 0) is 23.9 Å². The summed E-state index contributed by atoms with van der Waals surface area (Å²) in [5.74, 6) is -1.33. The molecule has 1 atom stereocenters. The van der Waals surface area contributed by atoms with Gasteiger partial charge in [-0.15, -0.1) is 0 Å². The monoisotopic (exact) mass is 334 g/mol. The molecule has 0 aromatic rings. The predicted molar refractivity (Wildman–Crippen MR) is 82.0 cm³/mol. The number of thioether (sulfide) groups is 1. The number of rotatable bonds is 10. The van der Waals surface area contributed by atoms with Crippen LogP contribution in [0.4, 0.5) is 0 Å². The zero-order valence-electron chi connectivity index (χ0n) is 12.6. The molecule has 10 heteroatoms. The Labute approximate surface area is 133 Å². The first-order valence-corrected chi connectivity index (χ1v) is 7.92. The van der Waals surface area contributed by atoms with E-state index < -0.39 is 29.7 Å². The van der Waals surface area contributed by atoms with Crippen molar-refractivity contribution in [2.24, 2.45) is 5.73 Å². The first-order chi connectivity index (χ1) is 10.4. The lowest BCUT2D eigenvalue weighted by molar-refractivity contribution is -0.141. The van der Waals surface area contributed by atoms with Crippen molar-refractivity contribution in [3.8, 4) is 0 Å². The second-order valence-electron chi connectivity index (χ2n) is 4.24. The largest absolute Gasteiger partial charge is 0.468 e. The molecule has 0 heterocycles. The molecule has 0 bridgehead atoms. The number of carbonyl (C=O) groups excluding carboxylic acids is 4. The zero-order valence-corrected chi connectivity index (χ0v) is 13.5. The summed E-state index contributed by atoms with van der Waals surface area (Å²) in [6.45, 7) is -0.841. The molecule has 9 nitrogen and oxygen atoms in total. The Hall–Kier alpha value is -1.81. The minimum Gasteiger partial charge on any atom is -0.468 e. The molecule has 0 saturated carbocycles. The number of carbonyl (C=O) groups is 4. The minimum absolute atomic E-state index is 0.268. The average Bonchev–Trinajstić information content (AvgIpc) is 2.52. The number of hydrogen-bond donors (Lipinski definition) is 4. The van der Waals surface area contributed by atoms with Gasteiger partial charge in [0.15, 0.2) is 0 Å². The van der Waals surface area contributed by atoms with Gasteiger partial charge in [-0.2, -0.15) is 11.8 Å². The van der Waals surface area contributed by atoms with E-state index in [-0.39, 0.29) is 19.6 Å². The Morgan fingerprint density at radius 1 is 1.05 bits per heavy atom. The molecular weight excluding hydrogens is 312 g/mol. The molecule has 0 rings (SSSR count). The van der Waals surface area contributed by atoms with Gasteiger partial charge in [0.25, 0.3) is 0 Å². The predicted octanol–water partition coefficient (Wildman–Crippen LogP) is -2.41. The van der Waals surface area contributed by atoms with Gasteiger partial charge in [0.1, 0.15) is 6.54 Å². The van der Waals surface area contributed by atoms with E-state index in [1.807, 2.05) is 6.26 Å². The SMILES string of the molecule is COC(=O)CNC(=O)CNC(=O)CNC(=O)C(N)CCSC. The van der Waals surface area contributed by atoms with E-state index in [2.05, 4.69) is 20.7 Å². The van der Waals surface area contributed by atoms with Crippen molar-refractivity contribution >= 4 is 35.5 Å². The Morgan fingerprint density at radius 3 is 2.14 bits per heavy atom. The van der Waals surface area contributed by atoms with Crippen LogP contribution < -0.4 is 21.7 Å². The molecule has 3 amide bonds. The average molecular weight is 334 g/mol. The molecule has 1 unspecified atom stereocenters. The second kappa shape index (κ2) is 11.8. The Bertz CT molecular complexity index is 405. The summed E-state index contributed by atoms with van der Waals surface area (Å²) in [6, 6.07) is -0.663. The highest BCUT2D eigenvalue weighted by Crippen LogP contribution is 1.98. The number of esters is 1. The van der Waals surface area contributed by atoms with Gasteiger partial charge in [-0.05, 0) is 18.4 Å². The van der Waals surface area contributed by atoms with Crippen molar-refractivity contribution in [1.29, 1.82) is 0 Å². The lowest BCUT2D eigenvalue weighted by Crippen LogP contribution is -2.46. The van der Waals surface area contributed by atoms with Crippen LogP contribution in [0.3, 0.4) is 0 Å². The summed E-state index contributed by atoms with van der Waals surface area (Å²) in [7, 11) is 1.20. The summed E-state index contributed by atoms with van der Waals surface area (Å²) in [5, 5.41) is 6.94. The number of amides is 3. The third-order valence-corrected chi connectivity index (χ3v) is 3.14. The maximum Gasteiger partial charge on any atom is 0.325 e. The first-order valence-electron chi connectivity index (χ1n) is 6.53.